The normalized spacial score (nSPS) is 15.6. The molecule has 3 N–H and O–H groups in total. The zero-order chi connectivity index (χ0) is 34.7. The number of aliphatic hydroxyl groups is 1. The van der Waals surface area contributed by atoms with Gasteiger partial charge in [0.1, 0.15) is 29.9 Å². The van der Waals surface area contributed by atoms with E-state index >= 15 is 0 Å². The third-order valence-electron chi connectivity index (χ3n) is 6.79. The Morgan fingerprint density at radius 1 is 1.02 bits per heavy atom. The molecule has 47 heavy (non-hydrogen) atoms. The number of ether oxygens (including phenoxy) is 4. The number of rotatable bonds is 16. The molecular weight excluding hydrogens is 627 g/mol. The number of hydrogen-bond acceptors (Lipinski definition) is 11. The Kier molecular flexibility index (Phi) is 13.2. The monoisotopic (exact) mass is 665 g/mol. The largest absolute Gasteiger partial charge is 0.493 e. The number of dihydropyridines is 1. The fourth-order valence-electron chi connectivity index (χ4n) is 4.65. The van der Waals surface area contributed by atoms with Gasteiger partial charge in [-0.15, -0.1) is 0 Å². The lowest BCUT2D eigenvalue weighted by molar-refractivity contribution is -0.384. The van der Waals surface area contributed by atoms with Gasteiger partial charge in [0.15, 0.2) is 0 Å². The number of aliphatic hydroxyl groups excluding tert-OH is 1. The first-order chi connectivity index (χ1) is 22.2. The maximum Gasteiger partial charge on any atom is 0.431 e. The van der Waals surface area contributed by atoms with Gasteiger partial charge in [-0.25, -0.2) is 9.59 Å². The van der Waals surface area contributed by atoms with Crippen LogP contribution < -0.4 is 20.1 Å². The summed E-state index contributed by atoms with van der Waals surface area (Å²) in [5.41, 5.74) is -3.48. The van der Waals surface area contributed by atoms with Crippen LogP contribution in [0.25, 0.3) is 0 Å². The Hall–Kier alpha value is -4.63. The average molecular weight is 666 g/mol. The number of esters is 2. The van der Waals surface area contributed by atoms with Gasteiger partial charge < -0.3 is 34.7 Å². The van der Waals surface area contributed by atoms with E-state index in [0.717, 1.165) is 12.1 Å². The summed E-state index contributed by atoms with van der Waals surface area (Å²) in [6.45, 7) is 6.73. The molecule has 0 aliphatic carbocycles. The lowest BCUT2D eigenvalue weighted by Gasteiger charge is -2.32. The van der Waals surface area contributed by atoms with Crippen LogP contribution in [0.3, 0.4) is 0 Å². The molecule has 2 aromatic rings. The van der Waals surface area contributed by atoms with E-state index in [-0.39, 0.29) is 55.7 Å². The minimum atomic E-state index is -5.05. The first kappa shape index (κ1) is 36.8. The third kappa shape index (κ3) is 10.4. The number of carbonyl (C=O) groups excluding carboxylic acids is 2. The van der Waals surface area contributed by atoms with Crippen molar-refractivity contribution in [2.75, 3.05) is 33.0 Å². The number of nitro benzene ring substituents is 1. The smallest absolute Gasteiger partial charge is 0.431 e. The molecule has 1 heterocycles. The van der Waals surface area contributed by atoms with Crippen LogP contribution in [0.15, 0.2) is 71.1 Å². The third-order valence-corrected chi connectivity index (χ3v) is 6.79. The van der Waals surface area contributed by atoms with Crippen LogP contribution in [0.2, 0.25) is 0 Å². The van der Waals surface area contributed by atoms with Gasteiger partial charge in [0.05, 0.1) is 41.8 Å². The van der Waals surface area contributed by atoms with Gasteiger partial charge in [0.25, 0.3) is 5.69 Å². The van der Waals surface area contributed by atoms with Gasteiger partial charge in [0, 0.05) is 36.8 Å². The highest BCUT2D eigenvalue weighted by atomic mass is 19.4. The molecule has 0 aromatic heterocycles. The Bertz CT molecular complexity index is 1470. The zero-order valence-corrected chi connectivity index (χ0v) is 26.4. The van der Waals surface area contributed by atoms with Crippen LogP contribution in [-0.2, 0) is 19.1 Å². The lowest BCUT2D eigenvalue weighted by atomic mass is 9.80. The number of carbonyl (C=O) groups is 2. The molecule has 2 unspecified atom stereocenters. The second kappa shape index (κ2) is 16.8. The fraction of sp³-hybridized carbons (Fsp3) is 0.438. The molecular formula is C32H38F3N3O9. The predicted molar refractivity (Wildman–Crippen MR) is 164 cm³/mol. The highest BCUT2D eigenvalue weighted by molar-refractivity contribution is 6.00. The van der Waals surface area contributed by atoms with Crippen molar-refractivity contribution in [2.45, 2.75) is 58.4 Å². The SMILES string of the molecule is CCOC(=O)C1=C(C(F)(F)F)NC(C)=C(C(=O)OCCCOc2ccc(OCC(O)CNC(C)C)cc2)C1c1cccc([N+](=O)[O-])c1. The number of alkyl halides is 3. The standard InChI is InChI=1S/C32H38F3N3O9/c1-5-44-31(41)28-27(21-8-6-9-22(16-21)38(42)43)26(20(4)37-29(28)32(33,34)35)30(40)46-15-7-14-45-24-10-12-25(13-11-24)47-18-23(39)17-36-19(2)3/h6,8-13,16,19,23,27,36-37,39H,5,7,14-15,17-18H2,1-4H3. The molecule has 0 saturated heterocycles. The Labute approximate surface area is 269 Å². The van der Waals surface area contributed by atoms with Crippen molar-refractivity contribution in [3.63, 3.8) is 0 Å². The van der Waals surface area contributed by atoms with Crippen molar-refractivity contribution in [3.8, 4) is 11.5 Å². The highest BCUT2D eigenvalue weighted by Gasteiger charge is 2.47. The van der Waals surface area contributed by atoms with E-state index in [9.17, 15) is 38.0 Å². The number of halogens is 3. The van der Waals surface area contributed by atoms with E-state index in [1.165, 1.54) is 26.0 Å². The molecule has 15 heteroatoms. The van der Waals surface area contributed by atoms with Gasteiger partial charge in [-0.3, -0.25) is 10.1 Å². The van der Waals surface area contributed by atoms with Crippen LogP contribution in [0, 0.1) is 10.1 Å². The topological polar surface area (TPSA) is 158 Å². The Morgan fingerprint density at radius 2 is 1.66 bits per heavy atom. The number of hydrogen-bond donors (Lipinski definition) is 3. The first-order valence-electron chi connectivity index (χ1n) is 14.9. The quantitative estimate of drug-likeness (QED) is 0.0989. The van der Waals surface area contributed by atoms with E-state index in [1.54, 1.807) is 24.3 Å². The van der Waals surface area contributed by atoms with Crippen LogP contribution in [0.4, 0.5) is 18.9 Å². The second-order valence-electron chi connectivity index (χ2n) is 10.8. The van der Waals surface area contributed by atoms with Crippen molar-refractivity contribution >= 4 is 17.6 Å². The van der Waals surface area contributed by atoms with E-state index in [1.807, 2.05) is 13.8 Å². The molecule has 0 bridgehead atoms. The van der Waals surface area contributed by atoms with E-state index in [0.29, 0.717) is 18.0 Å². The fourth-order valence-corrected chi connectivity index (χ4v) is 4.65. The molecule has 0 fully saturated rings. The summed E-state index contributed by atoms with van der Waals surface area (Å²) >= 11 is 0. The van der Waals surface area contributed by atoms with E-state index < -0.39 is 52.0 Å². The second-order valence-corrected chi connectivity index (χ2v) is 10.8. The van der Waals surface area contributed by atoms with E-state index in [2.05, 4.69) is 10.6 Å². The van der Waals surface area contributed by atoms with Crippen molar-refractivity contribution < 1.29 is 51.7 Å². The van der Waals surface area contributed by atoms with E-state index in [4.69, 9.17) is 18.9 Å². The van der Waals surface area contributed by atoms with Crippen molar-refractivity contribution in [1.29, 1.82) is 0 Å². The van der Waals surface area contributed by atoms with Gasteiger partial charge in [-0.05, 0) is 43.7 Å². The summed E-state index contributed by atoms with van der Waals surface area (Å²) in [6, 6.07) is 11.6. The molecule has 12 nitrogen and oxygen atoms in total. The Morgan fingerprint density at radius 3 is 2.26 bits per heavy atom. The minimum Gasteiger partial charge on any atom is -0.493 e. The summed E-state index contributed by atoms with van der Waals surface area (Å²) in [5.74, 6) is -3.02. The van der Waals surface area contributed by atoms with Gasteiger partial charge in [-0.1, -0.05) is 26.0 Å². The molecule has 2 aromatic carbocycles. The van der Waals surface area contributed by atoms with Crippen LogP contribution in [0.1, 0.15) is 45.6 Å². The molecule has 256 valence electrons. The Balaban J connectivity index is 1.69. The number of benzene rings is 2. The molecule has 0 radical (unpaired) electrons. The maximum absolute atomic E-state index is 14.2. The summed E-state index contributed by atoms with van der Waals surface area (Å²) in [5, 5.41) is 26.7. The average Bonchev–Trinajstić information content (AvgIpc) is 3.02. The number of nitro groups is 1. The minimum absolute atomic E-state index is 0.103. The maximum atomic E-state index is 14.2. The van der Waals surface area contributed by atoms with Gasteiger partial charge in [-0.2, -0.15) is 13.2 Å². The zero-order valence-electron chi connectivity index (χ0n) is 26.4. The molecule has 0 saturated carbocycles. The summed E-state index contributed by atoms with van der Waals surface area (Å²) in [4.78, 5) is 37.0. The van der Waals surface area contributed by atoms with Crippen molar-refractivity contribution in [3.05, 3.63) is 86.7 Å². The number of non-ortho nitro benzene ring substituents is 1. The number of nitrogens with one attached hydrogen (secondary N) is 2. The molecule has 1 aliphatic rings. The number of nitrogens with zero attached hydrogens (tertiary/aromatic N) is 1. The van der Waals surface area contributed by atoms with Crippen molar-refractivity contribution in [1.82, 2.24) is 10.6 Å². The summed E-state index contributed by atoms with van der Waals surface area (Å²) in [6.07, 6.45) is -5.53. The highest BCUT2D eigenvalue weighted by Crippen LogP contribution is 2.44. The number of allylic oxidation sites excluding steroid dienone is 2. The lowest BCUT2D eigenvalue weighted by Crippen LogP contribution is -2.38. The van der Waals surface area contributed by atoms with Crippen LogP contribution >= 0.6 is 0 Å². The molecule has 1 aliphatic heterocycles. The molecule has 0 amide bonds. The van der Waals surface area contributed by atoms with Gasteiger partial charge in [0.2, 0.25) is 0 Å². The summed E-state index contributed by atoms with van der Waals surface area (Å²) in [7, 11) is 0. The van der Waals surface area contributed by atoms with Gasteiger partial charge >= 0.3 is 18.1 Å². The van der Waals surface area contributed by atoms with Crippen LogP contribution in [-0.4, -0.2) is 73.3 Å². The summed E-state index contributed by atoms with van der Waals surface area (Å²) < 4.78 is 64.0. The predicted octanol–water partition coefficient (Wildman–Crippen LogP) is 4.69. The molecule has 2 atom stereocenters. The van der Waals surface area contributed by atoms with Crippen LogP contribution in [0.5, 0.6) is 11.5 Å². The molecule has 3 rings (SSSR count). The molecule has 0 spiro atoms. The first-order valence-corrected chi connectivity index (χ1v) is 14.9. The van der Waals surface area contributed by atoms with Crippen molar-refractivity contribution in [2.24, 2.45) is 0 Å².